The predicted octanol–water partition coefficient (Wildman–Crippen LogP) is 1.34. The van der Waals surface area contributed by atoms with Crippen molar-refractivity contribution in [1.29, 1.82) is 0 Å². The summed E-state index contributed by atoms with van der Waals surface area (Å²) in [5, 5.41) is 5.99. The van der Waals surface area contributed by atoms with Crippen molar-refractivity contribution in [3.05, 3.63) is 29.3 Å². The Morgan fingerprint density at radius 3 is 2.50 bits per heavy atom. The number of carbonyl (C=O) groups excluding carboxylic acids is 3. The smallest absolute Gasteiger partial charge is 0.251 e. The lowest BCUT2D eigenvalue weighted by Crippen LogP contribution is -2.50. The molecule has 150 valence electrons. The molecule has 0 aliphatic carbocycles. The third kappa shape index (κ3) is 3.17. The number of fused-ring (bicyclic) bond motifs is 1. The van der Waals surface area contributed by atoms with Crippen molar-refractivity contribution < 1.29 is 14.4 Å². The van der Waals surface area contributed by atoms with Gasteiger partial charge in [-0.2, -0.15) is 0 Å². The van der Waals surface area contributed by atoms with E-state index in [1.54, 1.807) is 17.0 Å². The second-order valence-electron chi connectivity index (χ2n) is 8.69. The molecule has 2 N–H and O–H groups in total. The molecule has 4 rings (SSSR count). The van der Waals surface area contributed by atoms with E-state index < -0.39 is 5.41 Å². The van der Waals surface area contributed by atoms with Gasteiger partial charge in [0.25, 0.3) is 5.91 Å². The number of nitrogens with zero attached hydrogens (tertiary/aromatic N) is 2. The molecule has 3 amide bonds. The molecule has 1 aromatic rings. The largest absolute Gasteiger partial charge is 0.349 e. The number of carbonyl (C=O) groups is 3. The van der Waals surface area contributed by atoms with Crippen molar-refractivity contribution in [3.8, 4) is 0 Å². The maximum absolute atomic E-state index is 12.7. The molecule has 0 spiro atoms. The van der Waals surface area contributed by atoms with Gasteiger partial charge in [0.1, 0.15) is 0 Å². The fraction of sp³-hybridized carbons (Fsp3) is 0.571. The number of likely N-dealkylation sites (N-methyl/N-ethyl adjacent to an activating group) is 1. The van der Waals surface area contributed by atoms with E-state index in [2.05, 4.69) is 15.5 Å². The maximum Gasteiger partial charge on any atom is 0.251 e. The van der Waals surface area contributed by atoms with E-state index in [9.17, 15) is 14.4 Å². The summed E-state index contributed by atoms with van der Waals surface area (Å²) in [5.74, 6) is 0.0574. The summed E-state index contributed by atoms with van der Waals surface area (Å²) in [7, 11) is 1.86. The van der Waals surface area contributed by atoms with Gasteiger partial charge in [-0.3, -0.25) is 19.3 Å². The minimum absolute atomic E-state index is 0.00493. The van der Waals surface area contributed by atoms with Crippen LogP contribution < -0.4 is 10.6 Å². The Morgan fingerprint density at radius 1 is 1.14 bits per heavy atom. The zero-order chi connectivity index (χ0) is 20.1. The minimum atomic E-state index is -0.567. The van der Waals surface area contributed by atoms with Gasteiger partial charge >= 0.3 is 0 Å². The van der Waals surface area contributed by atoms with E-state index in [0.717, 1.165) is 50.1 Å². The molecule has 28 heavy (non-hydrogen) atoms. The van der Waals surface area contributed by atoms with Gasteiger partial charge in [0, 0.05) is 44.0 Å². The number of nitrogens with one attached hydrogen (secondary N) is 2. The topological polar surface area (TPSA) is 81.8 Å². The van der Waals surface area contributed by atoms with E-state index in [-0.39, 0.29) is 29.8 Å². The van der Waals surface area contributed by atoms with Gasteiger partial charge in [0.15, 0.2) is 0 Å². The quantitative estimate of drug-likeness (QED) is 0.824. The van der Waals surface area contributed by atoms with Crippen LogP contribution in [0, 0.1) is 0 Å². The number of likely N-dealkylation sites (tertiary alicyclic amines) is 2. The number of rotatable bonds is 3. The Hall–Kier alpha value is -2.41. The number of benzene rings is 1. The monoisotopic (exact) mass is 384 g/mol. The van der Waals surface area contributed by atoms with Gasteiger partial charge in [-0.25, -0.2) is 0 Å². The first-order chi connectivity index (χ1) is 13.3. The van der Waals surface area contributed by atoms with Crippen molar-refractivity contribution in [1.82, 2.24) is 15.1 Å². The summed E-state index contributed by atoms with van der Waals surface area (Å²) in [6, 6.07) is 5.53. The van der Waals surface area contributed by atoms with Crippen molar-refractivity contribution >= 4 is 23.4 Å². The van der Waals surface area contributed by atoms with Crippen LogP contribution in [0.25, 0.3) is 0 Å². The van der Waals surface area contributed by atoms with Gasteiger partial charge in [0.05, 0.1) is 11.5 Å². The van der Waals surface area contributed by atoms with Crippen molar-refractivity contribution in [3.63, 3.8) is 0 Å². The first-order valence-corrected chi connectivity index (χ1v) is 10.0. The van der Waals surface area contributed by atoms with E-state index in [1.165, 1.54) is 0 Å². The van der Waals surface area contributed by atoms with Crippen LogP contribution in [0.15, 0.2) is 18.2 Å². The van der Waals surface area contributed by atoms with Crippen molar-refractivity contribution in [2.45, 2.75) is 50.6 Å². The molecule has 2 fully saturated rings. The molecule has 0 bridgehead atoms. The Labute approximate surface area is 165 Å². The first kappa shape index (κ1) is 18.9. The maximum atomic E-state index is 12.7. The molecule has 1 aromatic carbocycles. The Morgan fingerprint density at radius 2 is 1.86 bits per heavy atom. The molecule has 7 nitrogen and oxygen atoms in total. The minimum Gasteiger partial charge on any atom is -0.349 e. The van der Waals surface area contributed by atoms with Crippen LogP contribution in [-0.2, 0) is 15.0 Å². The highest BCUT2D eigenvalue weighted by molar-refractivity contribution is 6.07. The van der Waals surface area contributed by atoms with Gasteiger partial charge < -0.3 is 15.5 Å². The highest BCUT2D eigenvalue weighted by Crippen LogP contribution is 2.37. The first-order valence-electron chi connectivity index (χ1n) is 10.0. The number of hydrogen-bond donors (Lipinski definition) is 2. The van der Waals surface area contributed by atoms with E-state index in [4.69, 9.17) is 0 Å². The lowest BCUT2D eigenvalue weighted by atomic mass is 9.86. The van der Waals surface area contributed by atoms with Crippen molar-refractivity contribution in [2.75, 3.05) is 32.0 Å². The molecule has 0 radical (unpaired) electrons. The molecule has 3 aliphatic rings. The number of amides is 3. The van der Waals surface area contributed by atoms with Crippen LogP contribution in [0.3, 0.4) is 0 Å². The van der Waals surface area contributed by atoms with Gasteiger partial charge in [0.2, 0.25) is 11.8 Å². The van der Waals surface area contributed by atoms with Crippen LogP contribution in [0.5, 0.6) is 0 Å². The zero-order valence-electron chi connectivity index (χ0n) is 16.7. The summed E-state index contributed by atoms with van der Waals surface area (Å²) in [6.45, 7) is 6.24. The lowest BCUT2D eigenvalue weighted by Gasteiger charge is -2.35. The highest BCUT2D eigenvalue weighted by Gasteiger charge is 2.39. The molecule has 3 heterocycles. The zero-order valence-corrected chi connectivity index (χ0v) is 16.7. The SMILES string of the molecule is CN1CCC(N2CCC(NC(=O)c3ccc4c(c3)NC(=O)C4(C)C)CC2)C1=O. The summed E-state index contributed by atoms with van der Waals surface area (Å²) in [6.07, 6.45) is 2.57. The summed E-state index contributed by atoms with van der Waals surface area (Å²) in [4.78, 5) is 41.0. The van der Waals surface area contributed by atoms with Crippen molar-refractivity contribution in [2.24, 2.45) is 0 Å². The standard InChI is InChI=1S/C21H28N4O3/c1-21(2)15-5-4-13(12-16(15)23-20(21)28)18(26)22-14-6-10-25(11-7-14)17-8-9-24(3)19(17)27/h4-5,12,14,17H,6-11H2,1-3H3,(H,22,26)(H,23,28). The molecule has 1 unspecified atom stereocenters. The molecule has 7 heteroatoms. The second-order valence-corrected chi connectivity index (χ2v) is 8.69. The van der Waals surface area contributed by atoms with Crippen LogP contribution >= 0.6 is 0 Å². The van der Waals surface area contributed by atoms with Gasteiger partial charge in [-0.15, -0.1) is 0 Å². The molecule has 1 atom stereocenters. The Kier molecular flexibility index (Phi) is 4.65. The average Bonchev–Trinajstić information content (AvgIpc) is 3.12. The summed E-state index contributed by atoms with van der Waals surface area (Å²) < 4.78 is 0. The Bertz CT molecular complexity index is 827. The third-order valence-electron chi connectivity index (χ3n) is 6.48. The van der Waals surface area contributed by atoms with E-state index in [0.29, 0.717) is 5.56 Å². The summed E-state index contributed by atoms with van der Waals surface area (Å²) >= 11 is 0. The normalized spacial score (nSPS) is 25.0. The predicted molar refractivity (Wildman–Crippen MR) is 106 cm³/mol. The molecule has 0 saturated carbocycles. The molecule has 3 aliphatic heterocycles. The lowest BCUT2D eigenvalue weighted by molar-refractivity contribution is -0.131. The highest BCUT2D eigenvalue weighted by atomic mass is 16.2. The van der Waals surface area contributed by atoms with Gasteiger partial charge in [-0.1, -0.05) is 6.07 Å². The number of piperidine rings is 1. The molecule has 2 saturated heterocycles. The van der Waals surface area contributed by atoms with Crippen LogP contribution in [0.2, 0.25) is 0 Å². The number of hydrogen-bond acceptors (Lipinski definition) is 4. The van der Waals surface area contributed by atoms with Crippen LogP contribution in [0.4, 0.5) is 5.69 Å². The van der Waals surface area contributed by atoms with Crippen LogP contribution in [-0.4, -0.2) is 66.3 Å². The third-order valence-corrected chi connectivity index (χ3v) is 6.48. The van der Waals surface area contributed by atoms with Crippen LogP contribution in [0.1, 0.15) is 49.0 Å². The average molecular weight is 384 g/mol. The Balaban J connectivity index is 1.35. The van der Waals surface area contributed by atoms with Gasteiger partial charge in [-0.05, 0) is 50.8 Å². The molecular weight excluding hydrogens is 356 g/mol. The van der Waals surface area contributed by atoms with E-state index >= 15 is 0 Å². The second kappa shape index (κ2) is 6.88. The summed E-state index contributed by atoms with van der Waals surface area (Å²) in [5.41, 5.74) is 1.64. The molecule has 0 aromatic heterocycles. The fourth-order valence-electron chi connectivity index (χ4n) is 4.50. The number of anilines is 1. The fourth-order valence-corrected chi connectivity index (χ4v) is 4.50. The molecular formula is C21H28N4O3. The van der Waals surface area contributed by atoms with E-state index in [1.807, 2.05) is 27.0 Å².